The van der Waals surface area contributed by atoms with Gasteiger partial charge in [-0.05, 0) is 55.8 Å². The molecule has 1 N–H and O–H groups in total. The molecule has 0 unspecified atom stereocenters. The Morgan fingerprint density at radius 3 is 2.67 bits per heavy atom. The summed E-state index contributed by atoms with van der Waals surface area (Å²) >= 11 is 0. The molecule has 0 fully saturated rings. The van der Waals surface area contributed by atoms with Gasteiger partial charge in [0.1, 0.15) is 5.82 Å². The van der Waals surface area contributed by atoms with E-state index in [-0.39, 0.29) is 0 Å². The lowest BCUT2D eigenvalue weighted by Gasteiger charge is -2.20. The van der Waals surface area contributed by atoms with E-state index in [1.54, 1.807) is 0 Å². The zero-order valence-corrected chi connectivity index (χ0v) is 13.5. The van der Waals surface area contributed by atoms with Crippen LogP contribution in [-0.2, 0) is 13.0 Å². The van der Waals surface area contributed by atoms with E-state index in [4.69, 9.17) is 4.98 Å². The molecule has 1 heterocycles. The maximum absolute atomic E-state index is 4.81. The molecule has 0 saturated heterocycles. The molecule has 21 heavy (non-hydrogen) atoms. The smallest absolute Gasteiger partial charge is 0.133 e. The van der Waals surface area contributed by atoms with E-state index in [1.165, 1.54) is 22.5 Å². The molecule has 0 aliphatic rings. The van der Waals surface area contributed by atoms with Crippen LogP contribution in [0.2, 0.25) is 0 Å². The van der Waals surface area contributed by atoms with Crippen molar-refractivity contribution in [1.29, 1.82) is 0 Å². The Morgan fingerprint density at radius 1 is 1.19 bits per heavy atom. The van der Waals surface area contributed by atoms with Gasteiger partial charge >= 0.3 is 0 Å². The fourth-order valence-electron chi connectivity index (χ4n) is 2.46. The van der Waals surface area contributed by atoms with Crippen LogP contribution in [0, 0.1) is 6.92 Å². The molecule has 0 saturated carbocycles. The van der Waals surface area contributed by atoms with Crippen molar-refractivity contribution in [2.45, 2.75) is 33.2 Å². The van der Waals surface area contributed by atoms with Gasteiger partial charge < -0.3 is 10.2 Å². The second-order valence-corrected chi connectivity index (χ2v) is 5.50. The van der Waals surface area contributed by atoms with E-state index in [0.29, 0.717) is 0 Å². The summed E-state index contributed by atoms with van der Waals surface area (Å²) in [6, 6.07) is 12.9. The van der Waals surface area contributed by atoms with Gasteiger partial charge in [0.05, 0.1) is 0 Å². The maximum Gasteiger partial charge on any atom is 0.133 e. The highest BCUT2D eigenvalue weighted by molar-refractivity contribution is 5.60. The Morgan fingerprint density at radius 2 is 2.00 bits per heavy atom. The quantitative estimate of drug-likeness (QED) is 0.873. The van der Waals surface area contributed by atoms with Gasteiger partial charge in [-0.2, -0.15) is 0 Å². The summed E-state index contributed by atoms with van der Waals surface area (Å²) in [4.78, 5) is 6.97. The van der Waals surface area contributed by atoms with Crippen LogP contribution in [0.25, 0.3) is 0 Å². The third-order valence-corrected chi connectivity index (χ3v) is 3.54. The van der Waals surface area contributed by atoms with Crippen LogP contribution < -0.4 is 10.2 Å². The SMILES string of the molecule is CCCc1cc(CNC)cc(N(C)c2cccc(C)c2)n1. The van der Waals surface area contributed by atoms with E-state index in [0.717, 1.165) is 25.2 Å². The molecule has 0 aliphatic carbocycles. The molecule has 3 nitrogen and oxygen atoms in total. The van der Waals surface area contributed by atoms with Crippen molar-refractivity contribution in [3.63, 3.8) is 0 Å². The molecule has 1 aromatic heterocycles. The predicted molar refractivity (Wildman–Crippen MR) is 90.2 cm³/mol. The van der Waals surface area contributed by atoms with E-state index >= 15 is 0 Å². The Labute approximate surface area is 128 Å². The van der Waals surface area contributed by atoms with Crippen LogP contribution in [0.5, 0.6) is 0 Å². The van der Waals surface area contributed by atoms with Gasteiger partial charge in [0.25, 0.3) is 0 Å². The average molecular weight is 283 g/mol. The van der Waals surface area contributed by atoms with Crippen LogP contribution in [0.15, 0.2) is 36.4 Å². The third kappa shape index (κ3) is 4.05. The standard InChI is InChI=1S/C18H25N3/c1-5-7-16-11-15(13-19-3)12-18(20-16)21(4)17-9-6-8-14(2)10-17/h6,8-12,19H,5,7,13H2,1-4H3. The fraction of sp³-hybridized carbons (Fsp3) is 0.389. The molecular formula is C18H25N3. The molecule has 0 amide bonds. The highest BCUT2D eigenvalue weighted by Crippen LogP contribution is 2.24. The lowest BCUT2D eigenvalue weighted by molar-refractivity contribution is 0.804. The summed E-state index contributed by atoms with van der Waals surface area (Å²) < 4.78 is 0. The zero-order chi connectivity index (χ0) is 15.2. The molecule has 2 rings (SSSR count). The molecule has 0 spiro atoms. The number of hydrogen-bond acceptors (Lipinski definition) is 3. The number of nitrogens with zero attached hydrogens (tertiary/aromatic N) is 2. The number of rotatable bonds is 6. The Kier molecular flexibility index (Phi) is 5.34. The van der Waals surface area contributed by atoms with Gasteiger partial charge in [0.2, 0.25) is 0 Å². The van der Waals surface area contributed by atoms with Gasteiger partial charge in [-0.25, -0.2) is 4.98 Å². The second-order valence-electron chi connectivity index (χ2n) is 5.50. The van der Waals surface area contributed by atoms with E-state index in [2.05, 4.69) is 67.5 Å². The van der Waals surface area contributed by atoms with Crippen molar-refractivity contribution in [3.8, 4) is 0 Å². The van der Waals surface area contributed by atoms with Gasteiger partial charge in [-0.15, -0.1) is 0 Å². The number of benzene rings is 1. The monoisotopic (exact) mass is 283 g/mol. The Hall–Kier alpha value is -1.87. The topological polar surface area (TPSA) is 28.2 Å². The normalized spacial score (nSPS) is 10.7. The Balaban J connectivity index is 2.36. The molecular weight excluding hydrogens is 258 g/mol. The summed E-state index contributed by atoms with van der Waals surface area (Å²) in [5.41, 5.74) is 4.89. The number of aromatic nitrogens is 1. The lowest BCUT2D eigenvalue weighted by Crippen LogP contribution is -2.14. The average Bonchev–Trinajstić information content (AvgIpc) is 2.47. The van der Waals surface area contributed by atoms with Crippen molar-refractivity contribution in [1.82, 2.24) is 10.3 Å². The minimum Gasteiger partial charge on any atom is -0.329 e. The summed E-state index contributed by atoms with van der Waals surface area (Å²) in [6.45, 7) is 5.18. The summed E-state index contributed by atoms with van der Waals surface area (Å²) in [5, 5.41) is 3.22. The van der Waals surface area contributed by atoms with Gasteiger partial charge in [0, 0.05) is 25.0 Å². The van der Waals surface area contributed by atoms with Gasteiger partial charge in [-0.1, -0.05) is 25.5 Å². The van der Waals surface area contributed by atoms with Crippen LogP contribution in [0.3, 0.4) is 0 Å². The minimum atomic E-state index is 0.869. The van der Waals surface area contributed by atoms with Crippen molar-refractivity contribution in [3.05, 3.63) is 53.2 Å². The second kappa shape index (κ2) is 7.23. The molecule has 1 aromatic carbocycles. The molecule has 3 heteroatoms. The number of aryl methyl sites for hydroxylation is 2. The first-order valence-electron chi connectivity index (χ1n) is 7.59. The van der Waals surface area contributed by atoms with Crippen LogP contribution in [0.1, 0.15) is 30.2 Å². The summed E-state index contributed by atoms with van der Waals surface area (Å²) in [7, 11) is 4.06. The van der Waals surface area contributed by atoms with E-state index in [9.17, 15) is 0 Å². The van der Waals surface area contributed by atoms with Crippen LogP contribution >= 0.6 is 0 Å². The number of anilines is 2. The fourth-order valence-corrected chi connectivity index (χ4v) is 2.46. The molecule has 112 valence electrons. The first kappa shape index (κ1) is 15.5. The van der Waals surface area contributed by atoms with Crippen molar-refractivity contribution in [2.75, 3.05) is 19.0 Å². The van der Waals surface area contributed by atoms with Crippen LogP contribution in [-0.4, -0.2) is 19.1 Å². The van der Waals surface area contributed by atoms with E-state index < -0.39 is 0 Å². The number of nitrogens with one attached hydrogen (secondary N) is 1. The molecule has 0 atom stereocenters. The third-order valence-electron chi connectivity index (χ3n) is 3.54. The first-order chi connectivity index (χ1) is 10.1. The minimum absolute atomic E-state index is 0.869. The Bertz CT molecular complexity index is 569. The van der Waals surface area contributed by atoms with Crippen LogP contribution in [0.4, 0.5) is 11.5 Å². The largest absolute Gasteiger partial charge is 0.329 e. The summed E-state index contributed by atoms with van der Waals surface area (Å²) in [5.74, 6) is 1.01. The summed E-state index contributed by atoms with van der Waals surface area (Å²) in [6.07, 6.45) is 2.13. The van der Waals surface area contributed by atoms with Crippen molar-refractivity contribution >= 4 is 11.5 Å². The molecule has 0 aliphatic heterocycles. The number of hydrogen-bond donors (Lipinski definition) is 1. The molecule has 0 radical (unpaired) electrons. The molecule has 0 bridgehead atoms. The van der Waals surface area contributed by atoms with Gasteiger partial charge in [-0.3, -0.25) is 0 Å². The van der Waals surface area contributed by atoms with Crippen molar-refractivity contribution < 1.29 is 0 Å². The number of pyridine rings is 1. The first-order valence-corrected chi connectivity index (χ1v) is 7.59. The maximum atomic E-state index is 4.81. The highest BCUT2D eigenvalue weighted by atomic mass is 15.2. The van der Waals surface area contributed by atoms with Crippen molar-refractivity contribution in [2.24, 2.45) is 0 Å². The lowest BCUT2D eigenvalue weighted by atomic mass is 10.1. The molecule has 2 aromatic rings. The highest BCUT2D eigenvalue weighted by Gasteiger charge is 2.09. The predicted octanol–water partition coefficient (Wildman–Crippen LogP) is 3.83. The zero-order valence-electron chi connectivity index (χ0n) is 13.5. The van der Waals surface area contributed by atoms with E-state index in [1.807, 2.05) is 7.05 Å². The van der Waals surface area contributed by atoms with Gasteiger partial charge in [0.15, 0.2) is 0 Å².